The summed E-state index contributed by atoms with van der Waals surface area (Å²) in [6, 6.07) is 9.21. The van der Waals surface area contributed by atoms with E-state index >= 15 is 0 Å². The van der Waals surface area contributed by atoms with E-state index in [0.717, 1.165) is 11.5 Å². The van der Waals surface area contributed by atoms with Crippen LogP contribution in [0.15, 0.2) is 34.9 Å². The first-order valence-electron chi connectivity index (χ1n) is 6.58. The molecule has 0 saturated carbocycles. The van der Waals surface area contributed by atoms with Crippen LogP contribution in [0, 0.1) is 6.92 Å². The van der Waals surface area contributed by atoms with Gasteiger partial charge in [0.05, 0.1) is 23.7 Å². The van der Waals surface area contributed by atoms with Crippen molar-refractivity contribution in [3.8, 4) is 5.75 Å². The van der Waals surface area contributed by atoms with Crippen LogP contribution in [-0.4, -0.2) is 23.4 Å². The van der Waals surface area contributed by atoms with Crippen LogP contribution in [0.25, 0.3) is 0 Å². The molecule has 112 valence electrons. The van der Waals surface area contributed by atoms with Gasteiger partial charge in [-0.25, -0.2) is 0 Å². The zero-order chi connectivity index (χ0) is 15.2. The molecule has 6 heteroatoms. The molecule has 2 rings (SSSR count). The Balaban J connectivity index is 1.90. The molecule has 0 aliphatic heterocycles. The lowest BCUT2D eigenvalue weighted by molar-refractivity contribution is -0.115. The zero-order valence-corrected chi connectivity index (χ0v) is 13.1. The van der Waals surface area contributed by atoms with Crippen LogP contribution in [0.3, 0.4) is 0 Å². The lowest BCUT2D eigenvalue weighted by atomic mass is 10.3. The molecule has 0 unspecified atom stereocenters. The number of nitrogens with zero attached hydrogens (tertiary/aromatic N) is 1. The average Bonchev–Trinajstić information content (AvgIpc) is 2.91. The molecule has 0 radical (unpaired) electrons. The fourth-order valence-electron chi connectivity index (χ4n) is 1.75. The lowest BCUT2D eigenvalue weighted by Crippen LogP contribution is -2.22. The van der Waals surface area contributed by atoms with Crippen molar-refractivity contribution in [1.29, 1.82) is 0 Å². The van der Waals surface area contributed by atoms with Crippen molar-refractivity contribution >= 4 is 23.4 Å². The summed E-state index contributed by atoms with van der Waals surface area (Å²) in [4.78, 5) is 12.2. The Morgan fingerprint density at radius 2 is 2.24 bits per heavy atom. The van der Waals surface area contributed by atoms with Gasteiger partial charge in [-0.2, -0.15) is 0 Å². The first-order valence-corrected chi connectivity index (χ1v) is 7.62. The highest BCUT2D eigenvalue weighted by Crippen LogP contribution is 2.25. The fourth-order valence-corrected chi connectivity index (χ4v) is 2.52. The third-order valence-electron chi connectivity index (χ3n) is 2.89. The van der Waals surface area contributed by atoms with Gasteiger partial charge < -0.3 is 14.6 Å². The largest absolute Gasteiger partial charge is 0.495 e. The van der Waals surface area contributed by atoms with E-state index in [1.807, 2.05) is 44.2 Å². The number of benzene rings is 1. The number of aryl methyl sites for hydroxylation is 1. The normalized spacial score (nSPS) is 12.0. The van der Waals surface area contributed by atoms with Crippen LogP contribution in [0.2, 0.25) is 0 Å². The first-order chi connectivity index (χ1) is 10.1. The number of rotatable bonds is 6. The summed E-state index contributed by atoms with van der Waals surface area (Å²) in [5.41, 5.74) is 1.52. The molecule has 21 heavy (non-hydrogen) atoms. The number of nitrogens with one attached hydrogen (secondary N) is 1. The molecule has 0 saturated heterocycles. The van der Waals surface area contributed by atoms with Gasteiger partial charge in [0.15, 0.2) is 0 Å². The van der Waals surface area contributed by atoms with Crippen molar-refractivity contribution in [2.24, 2.45) is 0 Å². The van der Waals surface area contributed by atoms with E-state index < -0.39 is 0 Å². The Bertz CT molecular complexity index is 612. The van der Waals surface area contributed by atoms with Crippen molar-refractivity contribution in [2.45, 2.75) is 24.9 Å². The van der Waals surface area contributed by atoms with Crippen LogP contribution in [-0.2, 0) is 10.5 Å². The summed E-state index contributed by atoms with van der Waals surface area (Å²) in [5.74, 6) is 1.99. The highest BCUT2D eigenvalue weighted by Gasteiger charge is 2.16. The third-order valence-corrected chi connectivity index (χ3v) is 4.07. The second-order valence-corrected chi connectivity index (χ2v) is 5.90. The number of methoxy groups -OCH3 is 1. The molecular formula is C15H18N2O3S. The summed E-state index contributed by atoms with van der Waals surface area (Å²) in [5, 5.41) is 6.58. The molecule has 1 atom stereocenters. The third kappa shape index (κ3) is 4.26. The monoisotopic (exact) mass is 306 g/mol. The average molecular weight is 306 g/mol. The number of para-hydroxylation sites is 2. The molecule has 5 nitrogen and oxygen atoms in total. The van der Waals surface area contributed by atoms with Gasteiger partial charge in [0, 0.05) is 11.8 Å². The molecule has 1 aromatic carbocycles. The Labute approximate surface area is 128 Å². The summed E-state index contributed by atoms with van der Waals surface area (Å²) in [7, 11) is 1.58. The van der Waals surface area contributed by atoms with E-state index in [4.69, 9.17) is 9.26 Å². The Hall–Kier alpha value is -1.95. The Morgan fingerprint density at radius 3 is 2.90 bits per heavy atom. The topological polar surface area (TPSA) is 64.4 Å². The van der Waals surface area contributed by atoms with Gasteiger partial charge in [-0.1, -0.05) is 17.3 Å². The van der Waals surface area contributed by atoms with Gasteiger partial charge in [0.2, 0.25) is 5.91 Å². The zero-order valence-electron chi connectivity index (χ0n) is 12.3. The number of carbonyl (C=O) groups is 1. The van der Waals surface area contributed by atoms with E-state index in [9.17, 15) is 4.79 Å². The molecule has 1 amide bonds. The van der Waals surface area contributed by atoms with Crippen LogP contribution >= 0.6 is 11.8 Å². The van der Waals surface area contributed by atoms with E-state index in [0.29, 0.717) is 17.2 Å². The van der Waals surface area contributed by atoms with Crippen molar-refractivity contribution < 1.29 is 14.1 Å². The van der Waals surface area contributed by atoms with Crippen LogP contribution in [0.1, 0.15) is 18.4 Å². The van der Waals surface area contributed by atoms with Crippen molar-refractivity contribution in [1.82, 2.24) is 5.16 Å². The van der Waals surface area contributed by atoms with Crippen LogP contribution in [0.4, 0.5) is 5.69 Å². The van der Waals surface area contributed by atoms with Gasteiger partial charge in [0.25, 0.3) is 0 Å². The summed E-state index contributed by atoms with van der Waals surface area (Å²) in [6.45, 7) is 3.71. The minimum atomic E-state index is -0.202. The maximum atomic E-state index is 12.2. The molecule has 0 bridgehead atoms. The van der Waals surface area contributed by atoms with E-state index in [2.05, 4.69) is 10.5 Å². The first kappa shape index (κ1) is 15.4. The summed E-state index contributed by atoms with van der Waals surface area (Å²) in [6.07, 6.45) is 0. The Morgan fingerprint density at radius 1 is 1.48 bits per heavy atom. The fraction of sp³-hybridized carbons (Fsp3) is 0.333. The molecule has 1 N–H and O–H groups in total. The van der Waals surface area contributed by atoms with Crippen molar-refractivity contribution in [3.63, 3.8) is 0 Å². The van der Waals surface area contributed by atoms with Crippen LogP contribution in [0.5, 0.6) is 5.75 Å². The molecule has 2 aromatic rings. The Kier molecular flexibility index (Phi) is 5.27. The quantitative estimate of drug-likeness (QED) is 0.887. The molecule has 0 aliphatic carbocycles. The summed E-state index contributed by atoms with van der Waals surface area (Å²) < 4.78 is 10.2. The number of hydrogen-bond donors (Lipinski definition) is 1. The minimum Gasteiger partial charge on any atom is -0.495 e. The highest BCUT2D eigenvalue weighted by molar-refractivity contribution is 7.99. The van der Waals surface area contributed by atoms with Gasteiger partial charge in [-0.15, -0.1) is 11.8 Å². The molecule has 0 aliphatic rings. The number of amides is 1. The smallest absolute Gasteiger partial charge is 0.237 e. The molecule has 1 aromatic heterocycles. The van der Waals surface area contributed by atoms with E-state index in [1.165, 1.54) is 11.8 Å². The number of hydrogen-bond acceptors (Lipinski definition) is 5. The number of anilines is 1. The van der Waals surface area contributed by atoms with Gasteiger partial charge in [-0.05, 0) is 26.0 Å². The lowest BCUT2D eigenvalue weighted by Gasteiger charge is -2.13. The second kappa shape index (κ2) is 7.17. The number of aromatic nitrogens is 1. The molecule has 1 heterocycles. The number of carbonyl (C=O) groups excluding carboxylic acids is 1. The maximum Gasteiger partial charge on any atom is 0.237 e. The highest BCUT2D eigenvalue weighted by atomic mass is 32.2. The van der Waals surface area contributed by atoms with Gasteiger partial charge in [-0.3, -0.25) is 4.79 Å². The summed E-state index contributed by atoms with van der Waals surface area (Å²) >= 11 is 1.51. The van der Waals surface area contributed by atoms with Crippen LogP contribution < -0.4 is 10.1 Å². The maximum absolute atomic E-state index is 12.2. The minimum absolute atomic E-state index is 0.0651. The molecular weight excluding hydrogens is 288 g/mol. The predicted octanol–water partition coefficient (Wildman–Crippen LogP) is 3.25. The van der Waals surface area contributed by atoms with E-state index in [-0.39, 0.29) is 11.2 Å². The SMILES string of the molecule is COc1ccccc1NC(=O)[C@H](C)SCc1cc(C)on1. The van der Waals surface area contributed by atoms with Gasteiger partial charge in [0.1, 0.15) is 11.5 Å². The van der Waals surface area contributed by atoms with Gasteiger partial charge >= 0.3 is 0 Å². The van der Waals surface area contributed by atoms with E-state index in [1.54, 1.807) is 7.11 Å². The van der Waals surface area contributed by atoms with Crippen molar-refractivity contribution in [2.75, 3.05) is 12.4 Å². The van der Waals surface area contributed by atoms with Crippen molar-refractivity contribution in [3.05, 3.63) is 41.8 Å². The standard InChI is InChI=1S/C15H18N2O3S/c1-10-8-12(17-20-10)9-21-11(2)15(18)16-13-6-4-5-7-14(13)19-3/h4-8,11H,9H2,1-3H3,(H,16,18)/t11-/m0/s1. The number of ether oxygens (including phenoxy) is 1. The number of thioether (sulfide) groups is 1. The molecule has 0 fully saturated rings. The predicted molar refractivity (Wildman–Crippen MR) is 83.6 cm³/mol. The molecule has 0 spiro atoms. The second-order valence-electron chi connectivity index (χ2n) is 4.57.